The molecule has 1 aromatic heterocycles. The molecule has 6 nitrogen and oxygen atoms in total. The second-order valence-electron chi connectivity index (χ2n) is 9.53. The van der Waals surface area contributed by atoms with Gasteiger partial charge in [0.25, 0.3) is 5.91 Å². The van der Waals surface area contributed by atoms with Crippen molar-refractivity contribution < 1.29 is 14.7 Å². The van der Waals surface area contributed by atoms with Gasteiger partial charge in [-0.2, -0.15) is 0 Å². The molecule has 1 unspecified atom stereocenters. The molecule has 31 heavy (non-hydrogen) atoms. The zero-order valence-electron chi connectivity index (χ0n) is 18.6. The summed E-state index contributed by atoms with van der Waals surface area (Å²) in [7, 11) is 0. The summed E-state index contributed by atoms with van der Waals surface area (Å²) in [5.74, 6) is 0.0333. The van der Waals surface area contributed by atoms with Crippen molar-refractivity contribution >= 4 is 22.7 Å². The number of fused-ring (bicyclic) bond motifs is 1. The van der Waals surface area contributed by atoms with Gasteiger partial charge in [-0.05, 0) is 45.2 Å². The first-order valence-corrected chi connectivity index (χ1v) is 11.6. The Labute approximate surface area is 184 Å². The number of aromatic nitrogens is 1. The largest absolute Gasteiger partial charge is 0.389 e. The number of carbonyl (C=O) groups is 2. The predicted molar refractivity (Wildman–Crippen MR) is 121 cm³/mol. The van der Waals surface area contributed by atoms with E-state index in [1.807, 2.05) is 49.1 Å². The molecule has 166 valence electrons. The van der Waals surface area contributed by atoms with Gasteiger partial charge in [0.1, 0.15) is 0 Å². The van der Waals surface area contributed by atoms with Crippen LogP contribution in [0.5, 0.6) is 0 Å². The van der Waals surface area contributed by atoms with Crippen LogP contribution in [0.2, 0.25) is 0 Å². The van der Waals surface area contributed by atoms with Gasteiger partial charge in [-0.1, -0.05) is 37.5 Å². The number of rotatable bonds is 5. The summed E-state index contributed by atoms with van der Waals surface area (Å²) < 4.78 is 0. The van der Waals surface area contributed by atoms with Crippen molar-refractivity contribution in [3.8, 4) is 0 Å². The molecule has 1 saturated heterocycles. The molecule has 2 aromatic rings. The van der Waals surface area contributed by atoms with Crippen molar-refractivity contribution in [1.82, 2.24) is 15.2 Å². The molecule has 1 atom stereocenters. The van der Waals surface area contributed by atoms with Crippen LogP contribution in [0, 0.1) is 0 Å². The Hall–Kier alpha value is -2.47. The number of carbonyl (C=O) groups excluding carboxylic acids is 2. The molecule has 2 fully saturated rings. The number of nitrogens with zero attached hydrogens (tertiary/aromatic N) is 2. The monoisotopic (exact) mass is 423 g/mol. The van der Waals surface area contributed by atoms with E-state index in [1.165, 1.54) is 0 Å². The molecule has 6 heteroatoms. The van der Waals surface area contributed by atoms with Crippen molar-refractivity contribution in [2.45, 2.75) is 76.4 Å². The fraction of sp³-hybridized carbons (Fsp3) is 0.560. The maximum Gasteiger partial charge on any atom is 0.252 e. The van der Waals surface area contributed by atoms with Gasteiger partial charge in [-0.3, -0.25) is 14.6 Å². The van der Waals surface area contributed by atoms with Crippen LogP contribution in [0.25, 0.3) is 10.9 Å². The predicted octanol–water partition coefficient (Wildman–Crippen LogP) is 3.77. The van der Waals surface area contributed by atoms with Crippen LogP contribution in [0.1, 0.15) is 80.8 Å². The van der Waals surface area contributed by atoms with Crippen molar-refractivity contribution in [1.29, 1.82) is 0 Å². The van der Waals surface area contributed by atoms with E-state index in [1.54, 1.807) is 0 Å². The van der Waals surface area contributed by atoms with E-state index < -0.39 is 5.60 Å². The number of nitrogens with one attached hydrogen (secondary N) is 1. The Morgan fingerprint density at radius 3 is 2.71 bits per heavy atom. The molecule has 2 N–H and O–H groups in total. The van der Waals surface area contributed by atoms with Crippen LogP contribution < -0.4 is 5.32 Å². The molecule has 0 radical (unpaired) electrons. The maximum absolute atomic E-state index is 12.9. The number of amides is 2. The minimum atomic E-state index is -0.837. The van der Waals surface area contributed by atoms with E-state index in [0.29, 0.717) is 18.7 Å². The average molecular weight is 424 g/mol. The van der Waals surface area contributed by atoms with E-state index in [4.69, 9.17) is 4.98 Å². The minimum Gasteiger partial charge on any atom is -0.389 e. The van der Waals surface area contributed by atoms with Crippen LogP contribution in [0.3, 0.4) is 0 Å². The quantitative estimate of drug-likeness (QED) is 0.767. The summed E-state index contributed by atoms with van der Waals surface area (Å²) in [6, 6.07) is 9.65. The highest BCUT2D eigenvalue weighted by atomic mass is 16.3. The van der Waals surface area contributed by atoms with E-state index in [0.717, 1.165) is 55.1 Å². The first-order chi connectivity index (χ1) is 14.8. The molecule has 0 spiro atoms. The van der Waals surface area contributed by atoms with Crippen LogP contribution >= 0.6 is 0 Å². The van der Waals surface area contributed by atoms with Gasteiger partial charge in [0.05, 0.1) is 23.1 Å². The lowest BCUT2D eigenvalue weighted by molar-refractivity contribution is -0.136. The van der Waals surface area contributed by atoms with Crippen LogP contribution in [0.15, 0.2) is 30.3 Å². The second kappa shape index (κ2) is 8.95. The highest BCUT2D eigenvalue weighted by Gasteiger charge is 2.36. The van der Waals surface area contributed by atoms with E-state index in [-0.39, 0.29) is 30.2 Å². The molecular weight excluding hydrogens is 390 g/mol. The molecule has 1 aliphatic carbocycles. The third-order valence-electron chi connectivity index (χ3n) is 6.62. The molecule has 0 bridgehead atoms. The van der Waals surface area contributed by atoms with Crippen molar-refractivity contribution in [3.63, 3.8) is 0 Å². The minimum absolute atomic E-state index is 0.0328. The maximum atomic E-state index is 12.9. The van der Waals surface area contributed by atoms with Gasteiger partial charge < -0.3 is 15.3 Å². The third kappa shape index (κ3) is 4.90. The first-order valence-electron chi connectivity index (χ1n) is 11.6. The highest BCUT2D eigenvalue weighted by molar-refractivity contribution is 6.06. The van der Waals surface area contributed by atoms with Crippen molar-refractivity contribution in [2.75, 3.05) is 13.1 Å². The number of para-hydroxylation sites is 1. The van der Waals surface area contributed by atoms with Crippen molar-refractivity contribution in [2.24, 2.45) is 0 Å². The number of hydrogen-bond acceptors (Lipinski definition) is 4. The lowest BCUT2D eigenvalue weighted by atomic mass is 9.82. The molecule has 2 amide bonds. The number of likely N-dealkylation sites (tertiary alicyclic amines) is 1. The van der Waals surface area contributed by atoms with Gasteiger partial charge in [-0.25, -0.2) is 0 Å². The Kier molecular flexibility index (Phi) is 6.28. The summed E-state index contributed by atoms with van der Waals surface area (Å²) in [6.45, 7) is 5.15. The molecular formula is C25H33N3O3. The Balaban J connectivity index is 1.52. The van der Waals surface area contributed by atoms with Crippen LogP contribution in [0.4, 0.5) is 0 Å². The highest BCUT2D eigenvalue weighted by Crippen LogP contribution is 2.34. The number of hydrogen-bond donors (Lipinski definition) is 2. The first kappa shape index (κ1) is 21.8. The van der Waals surface area contributed by atoms with Crippen molar-refractivity contribution in [3.05, 3.63) is 41.6 Å². The second-order valence-corrected chi connectivity index (χ2v) is 9.53. The molecule has 1 aromatic carbocycles. The van der Waals surface area contributed by atoms with E-state index in [2.05, 4.69) is 5.32 Å². The molecule has 4 rings (SSSR count). The SMILES string of the molecule is CC(C)NC(=O)c1cc(C2CCN(C(=O)CC3(O)CCCCC3)C2)nc2ccccc12. The number of pyridine rings is 1. The lowest BCUT2D eigenvalue weighted by Crippen LogP contribution is -2.39. The molecule has 2 heterocycles. The zero-order chi connectivity index (χ0) is 22.0. The van der Waals surface area contributed by atoms with Gasteiger partial charge >= 0.3 is 0 Å². The average Bonchev–Trinajstić information content (AvgIpc) is 3.23. The van der Waals surface area contributed by atoms with Crippen LogP contribution in [-0.2, 0) is 4.79 Å². The smallest absolute Gasteiger partial charge is 0.252 e. The summed E-state index contributed by atoms with van der Waals surface area (Å²) in [4.78, 5) is 32.4. The summed E-state index contributed by atoms with van der Waals surface area (Å²) in [5, 5.41) is 14.6. The van der Waals surface area contributed by atoms with Gasteiger partial charge in [0.2, 0.25) is 5.91 Å². The Morgan fingerprint density at radius 1 is 1.23 bits per heavy atom. The number of aliphatic hydroxyl groups is 1. The lowest BCUT2D eigenvalue weighted by Gasteiger charge is -2.32. The topological polar surface area (TPSA) is 82.5 Å². The standard InChI is InChI=1S/C25H33N3O3/c1-17(2)26-24(30)20-14-22(27-21-9-5-4-8-19(20)21)18-10-13-28(16-18)23(29)15-25(31)11-6-3-7-12-25/h4-5,8-9,14,17-18,31H,3,6-7,10-13,15-16H2,1-2H3,(H,26,30). The van der Waals surface area contributed by atoms with E-state index >= 15 is 0 Å². The summed E-state index contributed by atoms with van der Waals surface area (Å²) in [6.07, 6.45) is 5.60. The fourth-order valence-electron chi connectivity index (χ4n) is 4.94. The van der Waals surface area contributed by atoms with Crippen LogP contribution in [-0.4, -0.2) is 51.5 Å². The van der Waals surface area contributed by atoms with E-state index in [9.17, 15) is 14.7 Å². The summed E-state index contributed by atoms with van der Waals surface area (Å²) in [5.41, 5.74) is 1.46. The molecule has 1 saturated carbocycles. The zero-order valence-corrected chi connectivity index (χ0v) is 18.6. The Bertz CT molecular complexity index is 966. The molecule has 2 aliphatic rings. The third-order valence-corrected chi connectivity index (χ3v) is 6.62. The summed E-state index contributed by atoms with van der Waals surface area (Å²) >= 11 is 0. The fourth-order valence-corrected chi connectivity index (χ4v) is 4.94. The normalized spacial score (nSPS) is 20.9. The van der Waals surface area contributed by atoms with Gasteiger partial charge in [-0.15, -0.1) is 0 Å². The molecule has 1 aliphatic heterocycles. The number of benzene rings is 1. The van der Waals surface area contributed by atoms with Gasteiger partial charge in [0.15, 0.2) is 0 Å². The Morgan fingerprint density at radius 2 is 1.97 bits per heavy atom. The van der Waals surface area contributed by atoms with Gasteiger partial charge in [0, 0.05) is 36.1 Å².